The van der Waals surface area contributed by atoms with Crippen molar-refractivity contribution < 1.29 is 13.9 Å². The van der Waals surface area contributed by atoms with E-state index in [4.69, 9.17) is 16.3 Å². The van der Waals surface area contributed by atoms with E-state index in [0.717, 1.165) is 3.57 Å². The minimum Gasteiger partial charge on any atom is -0.482 e. The number of carbonyl (C=O) groups excluding carboxylic acids is 1. The molecule has 0 bridgehead atoms. The molecule has 0 aliphatic carbocycles. The van der Waals surface area contributed by atoms with E-state index in [0.29, 0.717) is 17.0 Å². The molecule has 2 aromatic carbocycles. The van der Waals surface area contributed by atoms with E-state index in [9.17, 15) is 9.18 Å². The van der Waals surface area contributed by atoms with Crippen molar-refractivity contribution in [2.45, 2.75) is 6.54 Å². The Hall–Kier alpha value is -1.34. The molecule has 0 saturated heterocycles. The van der Waals surface area contributed by atoms with Gasteiger partial charge in [-0.2, -0.15) is 0 Å². The number of nitrogens with zero attached hydrogens (tertiary/aromatic N) is 1. The average Bonchev–Trinajstić information content (AvgIpc) is 2.46. The van der Waals surface area contributed by atoms with E-state index in [1.54, 1.807) is 17.0 Å². The molecular formula is C15H10ClFINO2. The Labute approximate surface area is 139 Å². The summed E-state index contributed by atoms with van der Waals surface area (Å²) in [5.74, 6) is -0.0230. The highest BCUT2D eigenvalue weighted by Gasteiger charge is 2.26. The summed E-state index contributed by atoms with van der Waals surface area (Å²) < 4.78 is 19.9. The quantitative estimate of drug-likeness (QED) is 0.691. The highest BCUT2D eigenvalue weighted by atomic mass is 127. The molecule has 3 nitrogen and oxygen atoms in total. The third-order valence-electron chi connectivity index (χ3n) is 3.22. The zero-order chi connectivity index (χ0) is 15.0. The maximum absolute atomic E-state index is 13.5. The molecule has 0 saturated carbocycles. The molecule has 0 atom stereocenters. The average molecular weight is 418 g/mol. The normalized spacial score (nSPS) is 13.9. The summed E-state index contributed by atoms with van der Waals surface area (Å²) in [6.07, 6.45) is 0. The molecule has 6 heteroatoms. The molecule has 2 aromatic rings. The SMILES string of the molecule is O=C1COc2ccc(I)cc2N1Cc1cccc(F)c1Cl. The molecule has 21 heavy (non-hydrogen) atoms. The number of rotatable bonds is 2. The van der Waals surface area contributed by atoms with Crippen LogP contribution in [0.2, 0.25) is 5.02 Å². The van der Waals surface area contributed by atoms with E-state index >= 15 is 0 Å². The van der Waals surface area contributed by atoms with Crippen LogP contribution in [0.4, 0.5) is 10.1 Å². The molecule has 0 aromatic heterocycles. The number of hydrogen-bond donors (Lipinski definition) is 0. The van der Waals surface area contributed by atoms with Crippen LogP contribution in [-0.4, -0.2) is 12.5 Å². The number of halogens is 3. The van der Waals surface area contributed by atoms with Crippen molar-refractivity contribution in [2.24, 2.45) is 0 Å². The molecule has 0 N–H and O–H groups in total. The number of ether oxygens (including phenoxy) is 1. The minimum absolute atomic E-state index is 0.0273. The number of hydrogen-bond acceptors (Lipinski definition) is 2. The lowest BCUT2D eigenvalue weighted by molar-refractivity contribution is -0.121. The van der Waals surface area contributed by atoms with Gasteiger partial charge in [-0.3, -0.25) is 4.79 Å². The topological polar surface area (TPSA) is 29.5 Å². The zero-order valence-corrected chi connectivity index (χ0v) is 13.7. The summed E-state index contributed by atoms with van der Waals surface area (Å²) in [6, 6.07) is 10.2. The molecule has 0 unspecified atom stereocenters. The van der Waals surface area contributed by atoms with Gasteiger partial charge >= 0.3 is 0 Å². The Kier molecular flexibility index (Phi) is 4.03. The minimum atomic E-state index is -0.488. The molecule has 1 amide bonds. The van der Waals surface area contributed by atoms with Gasteiger partial charge in [0.25, 0.3) is 5.91 Å². The first-order valence-electron chi connectivity index (χ1n) is 6.22. The van der Waals surface area contributed by atoms with Crippen molar-refractivity contribution in [3.8, 4) is 5.75 Å². The predicted octanol–water partition coefficient (Wildman–Crippen LogP) is 4.01. The van der Waals surface area contributed by atoms with Crippen LogP contribution in [-0.2, 0) is 11.3 Å². The maximum Gasteiger partial charge on any atom is 0.265 e. The molecular weight excluding hydrogens is 408 g/mol. The summed E-state index contributed by atoms with van der Waals surface area (Å²) >= 11 is 8.14. The first-order chi connectivity index (χ1) is 10.1. The maximum atomic E-state index is 13.5. The Bertz CT molecular complexity index is 723. The van der Waals surface area contributed by atoms with E-state index in [-0.39, 0.29) is 24.1 Å². The Morgan fingerprint density at radius 3 is 2.95 bits per heavy atom. The van der Waals surface area contributed by atoms with Gasteiger partial charge in [-0.05, 0) is 52.4 Å². The molecule has 1 heterocycles. The van der Waals surface area contributed by atoms with Gasteiger partial charge < -0.3 is 9.64 Å². The van der Waals surface area contributed by atoms with E-state index in [2.05, 4.69) is 22.6 Å². The van der Waals surface area contributed by atoms with Crippen LogP contribution in [0.25, 0.3) is 0 Å². The first-order valence-corrected chi connectivity index (χ1v) is 7.67. The second kappa shape index (κ2) is 5.81. The highest BCUT2D eigenvalue weighted by molar-refractivity contribution is 14.1. The Balaban J connectivity index is 2.00. The lowest BCUT2D eigenvalue weighted by atomic mass is 10.1. The monoisotopic (exact) mass is 417 g/mol. The van der Waals surface area contributed by atoms with Gasteiger partial charge in [-0.15, -0.1) is 0 Å². The van der Waals surface area contributed by atoms with Crippen LogP contribution in [0.15, 0.2) is 36.4 Å². The molecule has 1 aliphatic heterocycles. The number of carbonyl (C=O) groups is 1. The lowest BCUT2D eigenvalue weighted by Crippen LogP contribution is -2.38. The van der Waals surface area contributed by atoms with Gasteiger partial charge in [0.05, 0.1) is 17.3 Å². The lowest BCUT2D eigenvalue weighted by Gasteiger charge is -2.29. The van der Waals surface area contributed by atoms with Gasteiger partial charge in [0.1, 0.15) is 11.6 Å². The molecule has 0 spiro atoms. The molecule has 1 aliphatic rings. The van der Waals surface area contributed by atoms with Gasteiger partial charge in [-0.1, -0.05) is 23.7 Å². The summed E-state index contributed by atoms with van der Waals surface area (Å²) in [5, 5.41) is 0.0453. The summed E-state index contributed by atoms with van der Waals surface area (Å²) in [5.41, 5.74) is 1.25. The molecule has 108 valence electrons. The highest BCUT2D eigenvalue weighted by Crippen LogP contribution is 2.35. The Morgan fingerprint density at radius 1 is 1.33 bits per heavy atom. The second-order valence-corrected chi connectivity index (χ2v) is 6.22. The van der Waals surface area contributed by atoms with Crippen molar-refractivity contribution in [1.29, 1.82) is 0 Å². The van der Waals surface area contributed by atoms with Crippen LogP contribution < -0.4 is 9.64 Å². The van der Waals surface area contributed by atoms with Crippen molar-refractivity contribution in [3.63, 3.8) is 0 Å². The number of fused-ring (bicyclic) bond motifs is 1. The molecule has 3 rings (SSSR count). The van der Waals surface area contributed by atoms with E-state index in [1.165, 1.54) is 6.07 Å². The fourth-order valence-corrected chi connectivity index (χ4v) is 2.85. The van der Waals surface area contributed by atoms with Crippen molar-refractivity contribution in [1.82, 2.24) is 0 Å². The number of anilines is 1. The van der Waals surface area contributed by atoms with Crippen LogP contribution in [0.1, 0.15) is 5.56 Å². The van der Waals surface area contributed by atoms with Crippen molar-refractivity contribution in [3.05, 3.63) is 56.4 Å². The first kappa shape index (κ1) is 14.6. The zero-order valence-electron chi connectivity index (χ0n) is 10.8. The van der Waals surface area contributed by atoms with Gasteiger partial charge in [-0.25, -0.2) is 4.39 Å². The summed E-state index contributed by atoms with van der Waals surface area (Å²) in [4.78, 5) is 13.7. The molecule has 0 radical (unpaired) electrons. The van der Waals surface area contributed by atoms with Crippen LogP contribution >= 0.6 is 34.2 Å². The van der Waals surface area contributed by atoms with E-state index < -0.39 is 5.82 Å². The number of benzene rings is 2. The van der Waals surface area contributed by atoms with Crippen LogP contribution in [0, 0.1) is 9.39 Å². The van der Waals surface area contributed by atoms with Gasteiger partial charge in [0.15, 0.2) is 6.61 Å². The third-order valence-corrected chi connectivity index (χ3v) is 4.32. The molecule has 0 fully saturated rings. The van der Waals surface area contributed by atoms with Crippen molar-refractivity contribution in [2.75, 3.05) is 11.5 Å². The largest absolute Gasteiger partial charge is 0.482 e. The summed E-state index contributed by atoms with van der Waals surface area (Å²) in [6.45, 7) is 0.187. The number of amides is 1. The van der Waals surface area contributed by atoms with Gasteiger partial charge in [0, 0.05) is 3.57 Å². The third kappa shape index (κ3) is 2.85. The van der Waals surface area contributed by atoms with Crippen LogP contribution in [0.5, 0.6) is 5.75 Å². The smallest absolute Gasteiger partial charge is 0.265 e. The second-order valence-electron chi connectivity index (χ2n) is 4.59. The van der Waals surface area contributed by atoms with Crippen LogP contribution in [0.3, 0.4) is 0 Å². The standard InChI is InChI=1S/C15H10ClFINO2/c16-15-9(2-1-3-11(15)17)7-19-12-6-10(18)4-5-13(12)21-8-14(19)20/h1-6H,7-8H2. The summed E-state index contributed by atoms with van der Waals surface area (Å²) in [7, 11) is 0. The van der Waals surface area contributed by atoms with Crippen molar-refractivity contribution >= 4 is 45.8 Å². The fourth-order valence-electron chi connectivity index (χ4n) is 2.19. The van der Waals surface area contributed by atoms with Gasteiger partial charge in [0.2, 0.25) is 0 Å². The van der Waals surface area contributed by atoms with E-state index in [1.807, 2.05) is 18.2 Å². The Morgan fingerprint density at radius 2 is 2.14 bits per heavy atom. The fraction of sp³-hybridized carbons (Fsp3) is 0.133. The predicted molar refractivity (Wildman–Crippen MR) is 87.3 cm³/mol.